The van der Waals surface area contributed by atoms with Crippen LogP contribution in [0.25, 0.3) is 0 Å². The third-order valence-electron chi connectivity index (χ3n) is 3.44. The molecule has 2 N–H and O–H groups in total. The predicted octanol–water partition coefficient (Wildman–Crippen LogP) is 1.62. The molecule has 1 aromatic carbocycles. The first-order valence-corrected chi connectivity index (χ1v) is 6.41. The molecule has 1 aliphatic rings. The second kappa shape index (κ2) is 6.27. The summed E-state index contributed by atoms with van der Waals surface area (Å²) in [5.74, 6) is 0.202. The van der Waals surface area contributed by atoms with Crippen LogP contribution >= 0.6 is 0 Å². The number of hydrogen-bond acceptors (Lipinski definition) is 3. The first-order valence-electron chi connectivity index (χ1n) is 6.41. The van der Waals surface area contributed by atoms with Crippen LogP contribution in [0.1, 0.15) is 12.0 Å². The van der Waals surface area contributed by atoms with Gasteiger partial charge in [-0.3, -0.25) is 0 Å². The highest BCUT2D eigenvalue weighted by Gasteiger charge is 2.23. The molecule has 0 amide bonds. The fourth-order valence-electron chi connectivity index (χ4n) is 2.37. The molecule has 2 rings (SSSR count). The molecule has 100 valence electrons. The van der Waals surface area contributed by atoms with E-state index in [0.717, 1.165) is 38.3 Å². The van der Waals surface area contributed by atoms with Crippen molar-refractivity contribution in [1.29, 1.82) is 0 Å². The molecule has 0 saturated carbocycles. The fraction of sp³-hybridized carbons (Fsp3) is 0.571. The van der Waals surface area contributed by atoms with Crippen molar-refractivity contribution in [2.24, 2.45) is 11.7 Å². The molecule has 3 nitrogen and oxygen atoms in total. The summed E-state index contributed by atoms with van der Waals surface area (Å²) >= 11 is 0. The van der Waals surface area contributed by atoms with Crippen molar-refractivity contribution < 1.29 is 9.13 Å². The van der Waals surface area contributed by atoms with E-state index in [2.05, 4.69) is 11.9 Å². The van der Waals surface area contributed by atoms with E-state index in [4.69, 9.17) is 10.5 Å². The highest BCUT2D eigenvalue weighted by Crippen LogP contribution is 2.15. The monoisotopic (exact) mass is 252 g/mol. The number of rotatable bonds is 4. The van der Waals surface area contributed by atoms with Gasteiger partial charge in [0, 0.05) is 31.7 Å². The van der Waals surface area contributed by atoms with Crippen LogP contribution in [-0.4, -0.2) is 37.7 Å². The van der Waals surface area contributed by atoms with Crippen LogP contribution in [-0.2, 0) is 11.3 Å². The van der Waals surface area contributed by atoms with Crippen LogP contribution in [0.15, 0.2) is 24.3 Å². The van der Waals surface area contributed by atoms with E-state index in [1.807, 2.05) is 12.1 Å². The normalized spacial score (nSPS) is 24.4. The van der Waals surface area contributed by atoms with Crippen LogP contribution in [0, 0.1) is 11.7 Å². The van der Waals surface area contributed by atoms with E-state index in [0.29, 0.717) is 5.92 Å². The molecule has 0 radical (unpaired) electrons. The van der Waals surface area contributed by atoms with Gasteiger partial charge in [0.1, 0.15) is 5.82 Å². The van der Waals surface area contributed by atoms with Gasteiger partial charge in [0.25, 0.3) is 0 Å². The Labute approximate surface area is 108 Å². The molecule has 0 spiro atoms. The number of halogens is 1. The van der Waals surface area contributed by atoms with E-state index in [1.165, 1.54) is 12.1 Å². The van der Waals surface area contributed by atoms with Crippen molar-refractivity contribution in [2.75, 3.05) is 26.8 Å². The summed E-state index contributed by atoms with van der Waals surface area (Å²) in [4.78, 5) is 2.21. The van der Waals surface area contributed by atoms with Crippen molar-refractivity contribution in [3.63, 3.8) is 0 Å². The van der Waals surface area contributed by atoms with Gasteiger partial charge in [0.05, 0.1) is 6.61 Å². The third kappa shape index (κ3) is 3.77. The number of nitrogens with two attached hydrogens (primary N) is 1. The Morgan fingerprint density at radius 3 is 2.78 bits per heavy atom. The van der Waals surface area contributed by atoms with Gasteiger partial charge in [-0.1, -0.05) is 12.1 Å². The van der Waals surface area contributed by atoms with Gasteiger partial charge < -0.3 is 15.4 Å². The zero-order chi connectivity index (χ0) is 13.0. The zero-order valence-corrected chi connectivity index (χ0v) is 10.8. The maximum absolute atomic E-state index is 12.8. The van der Waals surface area contributed by atoms with Gasteiger partial charge in [-0.05, 0) is 31.2 Å². The largest absolute Gasteiger partial charge is 0.381 e. The van der Waals surface area contributed by atoms with Crippen LogP contribution in [0.2, 0.25) is 0 Å². The summed E-state index contributed by atoms with van der Waals surface area (Å²) in [6.07, 6.45) is 0.940. The van der Waals surface area contributed by atoms with E-state index < -0.39 is 0 Å². The van der Waals surface area contributed by atoms with Crippen LogP contribution < -0.4 is 5.73 Å². The Balaban J connectivity index is 1.84. The predicted molar refractivity (Wildman–Crippen MR) is 69.6 cm³/mol. The van der Waals surface area contributed by atoms with Gasteiger partial charge in [-0.2, -0.15) is 0 Å². The van der Waals surface area contributed by atoms with Gasteiger partial charge in [-0.15, -0.1) is 0 Å². The van der Waals surface area contributed by atoms with Crippen LogP contribution in [0.3, 0.4) is 0 Å². The van der Waals surface area contributed by atoms with Gasteiger partial charge in [0.15, 0.2) is 0 Å². The Hall–Kier alpha value is -0.970. The van der Waals surface area contributed by atoms with E-state index in [1.54, 1.807) is 0 Å². The second-order valence-electron chi connectivity index (χ2n) is 5.11. The molecule has 1 aromatic rings. The number of nitrogens with zero attached hydrogens (tertiary/aromatic N) is 1. The average molecular weight is 252 g/mol. The van der Waals surface area contributed by atoms with Crippen molar-refractivity contribution in [2.45, 2.75) is 19.0 Å². The topological polar surface area (TPSA) is 38.5 Å². The molecular formula is C14H21FN2O. The number of ether oxygens (including phenoxy) is 1. The zero-order valence-electron chi connectivity index (χ0n) is 10.8. The first-order chi connectivity index (χ1) is 8.65. The summed E-state index contributed by atoms with van der Waals surface area (Å²) in [7, 11) is 2.06. The molecule has 2 unspecified atom stereocenters. The van der Waals surface area contributed by atoms with E-state index in [9.17, 15) is 4.39 Å². The molecule has 2 atom stereocenters. The van der Waals surface area contributed by atoms with Gasteiger partial charge >= 0.3 is 0 Å². The molecule has 1 aliphatic heterocycles. The molecule has 0 bridgehead atoms. The summed E-state index contributed by atoms with van der Waals surface area (Å²) < 4.78 is 18.3. The first kappa shape index (κ1) is 13.5. The molecule has 0 aliphatic carbocycles. The SMILES string of the molecule is CN(Cc1ccc(F)cc1)CC1COCCC1N. The molecule has 1 heterocycles. The smallest absolute Gasteiger partial charge is 0.123 e. The van der Waals surface area contributed by atoms with Crippen molar-refractivity contribution >= 4 is 0 Å². The summed E-state index contributed by atoms with van der Waals surface area (Å²) in [6.45, 7) is 3.25. The highest BCUT2D eigenvalue weighted by atomic mass is 19.1. The highest BCUT2D eigenvalue weighted by molar-refractivity contribution is 5.15. The lowest BCUT2D eigenvalue weighted by Gasteiger charge is -2.32. The minimum absolute atomic E-state index is 0.191. The second-order valence-corrected chi connectivity index (χ2v) is 5.11. The summed E-state index contributed by atoms with van der Waals surface area (Å²) in [6, 6.07) is 6.87. The Morgan fingerprint density at radius 2 is 2.11 bits per heavy atom. The molecule has 1 saturated heterocycles. The Morgan fingerprint density at radius 1 is 1.39 bits per heavy atom. The van der Waals surface area contributed by atoms with Crippen molar-refractivity contribution in [3.8, 4) is 0 Å². The fourth-order valence-corrected chi connectivity index (χ4v) is 2.37. The van der Waals surface area contributed by atoms with Crippen LogP contribution in [0.4, 0.5) is 4.39 Å². The molecule has 18 heavy (non-hydrogen) atoms. The minimum Gasteiger partial charge on any atom is -0.381 e. The van der Waals surface area contributed by atoms with Gasteiger partial charge in [0.2, 0.25) is 0 Å². The lowest BCUT2D eigenvalue weighted by molar-refractivity contribution is 0.0286. The lowest BCUT2D eigenvalue weighted by Crippen LogP contribution is -2.44. The third-order valence-corrected chi connectivity index (χ3v) is 3.44. The molecular weight excluding hydrogens is 231 g/mol. The summed E-state index contributed by atoms with van der Waals surface area (Å²) in [5.41, 5.74) is 7.20. The molecule has 4 heteroatoms. The van der Waals surface area contributed by atoms with Crippen molar-refractivity contribution in [3.05, 3.63) is 35.6 Å². The number of benzene rings is 1. The van der Waals surface area contributed by atoms with E-state index in [-0.39, 0.29) is 11.9 Å². The standard InChI is InChI=1S/C14H21FN2O/c1-17(8-11-2-4-13(15)5-3-11)9-12-10-18-7-6-14(12)16/h2-5,12,14H,6-10,16H2,1H3. The summed E-state index contributed by atoms with van der Waals surface area (Å²) in [5, 5.41) is 0. The Bertz CT molecular complexity index is 369. The Kier molecular flexibility index (Phi) is 4.69. The van der Waals surface area contributed by atoms with E-state index >= 15 is 0 Å². The quantitative estimate of drug-likeness (QED) is 0.885. The van der Waals surface area contributed by atoms with Crippen molar-refractivity contribution in [1.82, 2.24) is 4.90 Å². The number of hydrogen-bond donors (Lipinski definition) is 1. The maximum Gasteiger partial charge on any atom is 0.123 e. The minimum atomic E-state index is -0.191. The average Bonchev–Trinajstić information content (AvgIpc) is 2.35. The molecule has 0 aromatic heterocycles. The maximum atomic E-state index is 12.8. The van der Waals surface area contributed by atoms with Crippen LogP contribution in [0.5, 0.6) is 0 Å². The van der Waals surface area contributed by atoms with Gasteiger partial charge in [-0.25, -0.2) is 4.39 Å². The molecule has 1 fully saturated rings. The lowest BCUT2D eigenvalue weighted by atomic mass is 9.96.